The highest BCUT2D eigenvalue weighted by Gasteiger charge is 2.20. The summed E-state index contributed by atoms with van der Waals surface area (Å²) < 4.78 is 13.0. The maximum atomic E-state index is 12.4. The van der Waals surface area contributed by atoms with Gasteiger partial charge in [-0.2, -0.15) is 0 Å². The Morgan fingerprint density at radius 3 is 2.75 bits per heavy atom. The molecule has 140 valence electrons. The Kier molecular flexibility index (Phi) is 4.79. The largest absolute Gasteiger partial charge is 0.454 e. The van der Waals surface area contributed by atoms with Crippen molar-refractivity contribution in [1.82, 2.24) is 14.4 Å². The Morgan fingerprint density at radius 1 is 1.18 bits per heavy atom. The fourth-order valence-electron chi connectivity index (χ4n) is 2.70. The molecule has 0 unspecified atom stereocenters. The molecule has 7 nitrogen and oxygen atoms in total. The molecule has 4 rings (SSSR count). The van der Waals surface area contributed by atoms with E-state index in [9.17, 15) is 9.59 Å². The summed E-state index contributed by atoms with van der Waals surface area (Å²) in [4.78, 5) is 33.2. The number of hydrogen-bond acceptors (Lipinski definition) is 6. The van der Waals surface area contributed by atoms with Crippen LogP contribution in [-0.4, -0.2) is 20.3 Å². The SMILES string of the molecule is Cc1oc(-c2ccccc2)nc1C(=O)OCc1cc(=O)n2cc(Br)ccc2n1. The van der Waals surface area contributed by atoms with Gasteiger partial charge in [0.2, 0.25) is 5.89 Å². The molecule has 0 spiro atoms. The van der Waals surface area contributed by atoms with Crippen LogP contribution >= 0.6 is 15.9 Å². The number of esters is 1. The smallest absolute Gasteiger partial charge is 0.361 e. The van der Waals surface area contributed by atoms with E-state index in [1.807, 2.05) is 30.3 Å². The standard InChI is InChI=1S/C20H14BrN3O4/c1-12-18(23-19(28-12)13-5-3-2-4-6-13)20(26)27-11-15-9-17(25)24-10-14(21)7-8-16(24)22-15/h2-10H,11H2,1H3. The molecule has 0 aliphatic rings. The number of oxazole rings is 1. The quantitative estimate of drug-likeness (QED) is 0.449. The molecule has 0 atom stereocenters. The summed E-state index contributed by atoms with van der Waals surface area (Å²) in [6.45, 7) is 1.50. The zero-order valence-electron chi connectivity index (χ0n) is 14.8. The number of rotatable bonds is 4. The molecule has 1 aromatic carbocycles. The molecule has 0 bridgehead atoms. The van der Waals surface area contributed by atoms with E-state index in [1.54, 1.807) is 25.3 Å². The number of halogens is 1. The maximum absolute atomic E-state index is 12.4. The number of benzene rings is 1. The van der Waals surface area contributed by atoms with Gasteiger partial charge in [-0.1, -0.05) is 18.2 Å². The van der Waals surface area contributed by atoms with Crippen molar-refractivity contribution in [2.24, 2.45) is 0 Å². The maximum Gasteiger partial charge on any atom is 0.361 e. The first-order valence-electron chi connectivity index (χ1n) is 8.39. The summed E-state index contributed by atoms with van der Waals surface area (Å²) in [5.74, 6) is 0.0687. The van der Waals surface area contributed by atoms with E-state index in [0.717, 1.165) is 10.0 Å². The number of carbonyl (C=O) groups is 1. The van der Waals surface area contributed by atoms with Gasteiger partial charge in [0, 0.05) is 22.3 Å². The van der Waals surface area contributed by atoms with Crippen LogP contribution in [0.2, 0.25) is 0 Å². The summed E-state index contributed by atoms with van der Waals surface area (Å²) in [7, 11) is 0. The van der Waals surface area contributed by atoms with Crippen molar-refractivity contribution in [2.75, 3.05) is 0 Å². The van der Waals surface area contributed by atoms with Crippen molar-refractivity contribution < 1.29 is 13.9 Å². The number of aryl methyl sites for hydroxylation is 1. The number of ether oxygens (including phenoxy) is 1. The summed E-state index contributed by atoms with van der Waals surface area (Å²) in [5.41, 5.74) is 1.41. The van der Waals surface area contributed by atoms with Crippen LogP contribution in [-0.2, 0) is 11.3 Å². The number of hydrogen-bond donors (Lipinski definition) is 0. The lowest BCUT2D eigenvalue weighted by atomic mass is 10.2. The van der Waals surface area contributed by atoms with Crippen LogP contribution in [0.15, 0.2) is 68.4 Å². The third-order valence-electron chi connectivity index (χ3n) is 4.04. The molecular weight excluding hydrogens is 426 g/mol. The third kappa shape index (κ3) is 3.59. The zero-order chi connectivity index (χ0) is 19.7. The summed E-state index contributed by atoms with van der Waals surface area (Å²) >= 11 is 3.31. The number of carbonyl (C=O) groups excluding carboxylic acids is 1. The monoisotopic (exact) mass is 439 g/mol. The molecule has 0 amide bonds. The highest BCUT2D eigenvalue weighted by atomic mass is 79.9. The lowest BCUT2D eigenvalue weighted by Crippen LogP contribution is -2.16. The third-order valence-corrected chi connectivity index (χ3v) is 4.51. The molecular formula is C20H14BrN3O4. The Labute approximate surface area is 167 Å². The Hall–Kier alpha value is -3.26. The van der Waals surface area contributed by atoms with Gasteiger partial charge in [-0.05, 0) is 47.1 Å². The normalized spacial score (nSPS) is 10.9. The topological polar surface area (TPSA) is 86.7 Å². The van der Waals surface area contributed by atoms with E-state index in [1.165, 1.54) is 10.5 Å². The second-order valence-electron chi connectivity index (χ2n) is 6.03. The fourth-order valence-corrected chi connectivity index (χ4v) is 3.03. The predicted octanol–water partition coefficient (Wildman–Crippen LogP) is 3.78. The predicted molar refractivity (Wildman–Crippen MR) is 105 cm³/mol. The lowest BCUT2D eigenvalue weighted by molar-refractivity contribution is 0.0459. The first-order chi connectivity index (χ1) is 13.5. The molecule has 4 aromatic rings. The second-order valence-corrected chi connectivity index (χ2v) is 6.94. The minimum Gasteiger partial charge on any atom is -0.454 e. The summed E-state index contributed by atoms with van der Waals surface area (Å²) in [5, 5.41) is 0. The first kappa shape index (κ1) is 18.1. The lowest BCUT2D eigenvalue weighted by Gasteiger charge is -2.05. The van der Waals surface area contributed by atoms with Gasteiger partial charge in [-0.15, -0.1) is 0 Å². The van der Waals surface area contributed by atoms with Crippen LogP contribution < -0.4 is 5.56 Å². The highest BCUT2D eigenvalue weighted by Crippen LogP contribution is 2.22. The number of nitrogens with zero attached hydrogens (tertiary/aromatic N) is 3. The summed E-state index contributed by atoms with van der Waals surface area (Å²) in [6.07, 6.45) is 1.63. The van der Waals surface area contributed by atoms with Crippen LogP contribution in [0.5, 0.6) is 0 Å². The second kappa shape index (κ2) is 7.40. The Morgan fingerprint density at radius 2 is 1.96 bits per heavy atom. The highest BCUT2D eigenvalue weighted by molar-refractivity contribution is 9.10. The molecule has 28 heavy (non-hydrogen) atoms. The Bertz CT molecular complexity index is 1230. The van der Waals surface area contributed by atoms with Gasteiger partial charge in [0.15, 0.2) is 5.69 Å². The van der Waals surface area contributed by atoms with Crippen LogP contribution in [0.1, 0.15) is 21.9 Å². The van der Waals surface area contributed by atoms with E-state index >= 15 is 0 Å². The van der Waals surface area contributed by atoms with Gasteiger partial charge in [0.1, 0.15) is 18.0 Å². The van der Waals surface area contributed by atoms with Crippen LogP contribution in [0.4, 0.5) is 0 Å². The van der Waals surface area contributed by atoms with Crippen molar-refractivity contribution in [3.63, 3.8) is 0 Å². The minimum absolute atomic E-state index is 0.0975. The molecule has 0 fully saturated rings. The van der Waals surface area contributed by atoms with Gasteiger partial charge in [0.05, 0.1) is 5.69 Å². The molecule has 0 N–H and O–H groups in total. The van der Waals surface area contributed by atoms with Crippen molar-refractivity contribution in [2.45, 2.75) is 13.5 Å². The van der Waals surface area contributed by atoms with Gasteiger partial charge < -0.3 is 9.15 Å². The van der Waals surface area contributed by atoms with Crippen molar-refractivity contribution in [3.05, 3.63) is 86.7 Å². The molecule has 0 saturated heterocycles. The van der Waals surface area contributed by atoms with Gasteiger partial charge in [-0.25, -0.2) is 14.8 Å². The van der Waals surface area contributed by atoms with Crippen LogP contribution in [0.25, 0.3) is 17.1 Å². The van der Waals surface area contributed by atoms with E-state index in [4.69, 9.17) is 9.15 Å². The summed E-state index contributed by atoms with van der Waals surface area (Å²) in [6, 6.07) is 14.1. The fraction of sp³-hybridized carbons (Fsp3) is 0.100. The molecule has 0 aliphatic carbocycles. The van der Waals surface area contributed by atoms with Crippen LogP contribution in [0.3, 0.4) is 0 Å². The molecule has 8 heteroatoms. The molecule has 3 heterocycles. The molecule has 0 aliphatic heterocycles. The molecule has 0 radical (unpaired) electrons. The van der Waals surface area contributed by atoms with Crippen molar-refractivity contribution >= 4 is 27.5 Å². The molecule has 3 aromatic heterocycles. The van der Waals surface area contributed by atoms with Crippen LogP contribution in [0, 0.1) is 6.92 Å². The van der Waals surface area contributed by atoms with E-state index < -0.39 is 5.97 Å². The number of aromatic nitrogens is 3. The van der Waals surface area contributed by atoms with Crippen molar-refractivity contribution in [3.8, 4) is 11.5 Å². The number of pyridine rings is 1. The Balaban J connectivity index is 1.54. The minimum atomic E-state index is -0.638. The van der Waals surface area contributed by atoms with E-state index in [2.05, 4.69) is 25.9 Å². The van der Waals surface area contributed by atoms with Gasteiger partial charge >= 0.3 is 5.97 Å². The van der Waals surface area contributed by atoms with E-state index in [0.29, 0.717) is 23.0 Å². The van der Waals surface area contributed by atoms with Gasteiger partial charge in [0.25, 0.3) is 5.56 Å². The first-order valence-corrected chi connectivity index (χ1v) is 9.18. The average molecular weight is 440 g/mol. The van der Waals surface area contributed by atoms with Gasteiger partial charge in [-0.3, -0.25) is 9.20 Å². The number of fused-ring (bicyclic) bond motifs is 1. The van der Waals surface area contributed by atoms with Crippen molar-refractivity contribution in [1.29, 1.82) is 0 Å². The average Bonchev–Trinajstić information content (AvgIpc) is 3.09. The molecule has 0 saturated carbocycles. The zero-order valence-corrected chi connectivity index (χ0v) is 16.3. The van der Waals surface area contributed by atoms with E-state index in [-0.39, 0.29) is 17.9 Å².